The van der Waals surface area contributed by atoms with Gasteiger partial charge in [-0.15, -0.1) is 0 Å². The molecule has 1 heterocycles. The van der Waals surface area contributed by atoms with Crippen molar-refractivity contribution in [3.63, 3.8) is 0 Å². The van der Waals surface area contributed by atoms with Crippen LogP contribution in [0.2, 0.25) is 0 Å². The van der Waals surface area contributed by atoms with Crippen molar-refractivity contribution in [3.05, 3.63) is 35.6 Å². The van der Waals surface area contributed by atoms with Gasteiger partial charge in [-0.2, -0.15) is 0 Å². The molecule has 1 aromatic rings. The number of aliphatic carboxylic acids is 1. The predicted molar refractivity (Wildman–Crippen MR) is 70.6 cm³/mol. The second kappa shape index (κ2) is 6.36. The van der Waals surface area contributed by atoms with Crippen LogP contribution < -0.4 is 5.32 Å². The van der Waals surface area contributed by atoms with Crippen molar-refractivity contribution in [2.24, 2.45) is 5.92 Å². The first-order valence-electron chi connectivity index (χ1n) is 6.56. The maximum atomic E-state index is 13.0. The first kappa shape index (κ1) is 14.3. The van der Waals surface area contributed by atoms with Crippen molar-refractivity contribution in [1.29, 1.82) is 0 Å². The van der Waals surface area contributed by atoms with E-state index < -0.39 is 11.9 Å². The number of benzene rings is 1. The van der Waals surface area contributed by atoms with Crippen LogP contribution in [0.5, 0.6) is 0 Å². The molecular weight excluding hydrogens is 263 g/mol. The number of hydrogen-bond acceptors (Lipinski definition) is 2. The Morgan fingerprint density at radius 1 is 1.45 bits per heavy atom. The standard InChI is InChI=1S/C14H17FN2O3/c15-12-5-1-3-10(7-12)8-16-14(20)17-6-2-4-11(9-17)13(18)19/h1,3,5,7,11H,2,4,6,8-9H2,(H,16,20)(H,18,19)/t11-/m1/s1. The number of carboxylic acid groups (broad SMARTS) is 1. The molecule has 2 rings (SSSR count). The van der Waals surface area contributed by atoms with Gasteiger partial charge in [0.2, 0.25) is 0 Å². The summed E-state index contributed by atoms with van der Waals surface area (Å²) in [5, 5.41) is 11.7. The van der Waals surface area contributed by atoms with Gasteiger partial charge < -0.3 is 15.3 Å². The van der Waals surface area contributed by atoms with E-state index in [4.69, 9.17) is 5.11 Å². The van der Waals surface area contributed by atoms with E-state index >= 15 is 0 Å². The van der Waals surface area contributed by atoms with Crippen molar-refractivity contribution >= 4 is 12.0 Å². The number of amides is 2. The van der Waals surface area contributed by atoms with Crippen LogP contribution in [0.4, 0.5) is 9.18 Å². The molecule has 0 spiro atoms. The summed E-state index contributed by atoms with van der Waals surface area (Å²) >= 11 is 0. The molecule has 0 bridgehead atoms. The number of carboxylic acids is 1. The Bertz CT molecular complexity index is 507. The van der Waals surface area contributed by atoms with E-state index in [1.54, 1.807) is 12.1 Å². The summed E-state index contributed by atoms with van der Waals surface area (Å²) in [6.07, 6.45) is 1.29. The molecule has 5 nitrogen and oxygen atoms in total. The monoisotopic (exact) mass is 280 g/mol. The Morgan fingerprint density at radius 2 is 2.25 bits per heavy atom. The summed E-state index contributed by atoms with van der Waals surface area (Å²) in [6, 6.07) is 5.70. The fourth-order valence-corrected chi connectivity index (χ4v) is 2.30. The zero-order chi connectivity index (χ0) is 14.5. The quantitative estimate of drug-likeness (QED) is 0.887. The number of nitrogens with one attached hydrogen (secondary N) is 1. The molecule has 1 saturated heterocycles. The summed E-state index contributed by atoms with van der Waals surface area (Å²) in [6.45, 7) is 1.01. The van der Waals surface area contributed by atoms with Gasteiger partial charge in [0.25, 0.3) is 0 Å². The van der Waals surface area contributed by atoms with Crippen LogP contribution in [-0.4, -0.2) is 35.1 Å². The fraction of sp³-hybridized carbons (Fsp3) is 0.429. The van der Waals surface area contributed by atoms with E-state index in [1.165, 1.54) is 17.0 Å². The summed E-state index contributed by atoms with van der Waals surface area (Å²) in [4.78, 5) is 24.4. The highest BCUT2D eigenvalue weighted by Crippen LogP contribution is 2.16. The highest BCUT2D eigenvalue weighted by molar-refractivity contribution is 5.76. The molecule has 0 unspecified atom stereocenters. The molecular formula is C14H17FN2O3. The van der Waals surface area contributed by atoms with E-state index in [0.717, 1.165) is 0 Å². The van der Waals surface area contributed by atoms with Gasteiger partial charge in [-0.25, -0.2) is 9.18 Å². The van der Waals surface area contributed by atoms with Gasteiger partial charge in [-0.3, -0.25) is 4.79 Å². The van der Waals surface area contributed by atoms with Crippen LogP contribution in [0.1, 0.15) is 18.4 Å². The van der Waals surface area contributed by atoms with Gasteiger partial charge in [0.15, 0.2) is 0 Å². The van der Waals surface area contributed by atoms with E-state index in [-0.39, 0.29) is 24.9 Å². The van der Waals surface area contributed by atoms with Crippen molar-refractivity contribution in [2.45, 2.75) is 19.4 Å². The third-order valence-electron chi connectivity index (χ3n) is 3.39. The Labute approximate surface area is 116 Å². The van der Waals surface area contributed by atoms with E-state index in [9.17, 15) is 14.0 Å². The molecule has 2 N–H and O–H groups in total. The molecule has 1 atom stereocenters. The molecule has 1 aliphatic heterocycles. The highest BCUT2D eigenvalue weighted by atomic mass is 19.1. The second-order valence-electron chi connectivity index (χ2n) is 4.91. The van der Waals surface area contributed by atoms with Gasteiger partial charge in [-0.05, 0) is 30.5 Å². The largest absolute Gasteiger partial charge is 0.481 e. The fourth-order valence-electron chi connectivity index (χ4n) is 2.30. The van der Waals surface area contributed by atoms with Crippen LogP contribution in [0.25, 0.3) is 0 Å². The lowest BCUT2D eigenvalue weighted by atomic mass is 9.99. The van der Waals surface area contributed by atoms with E-state index in [2.05, 4.69) is 5.32 Å². The van der Waals surface area contributed by atoms with Gasteiger partial charge in [0.05, 0.1) is 5.92 Å². The van der Waals surface area contributed by atoms with Crippen LogP contribution in [0, 0.1) is 11.7 Å². The molecule has 108 valence electrons. The molecule has 0 aliphatic carbocycles. The zero-order valence-electron chi connectivity index (χ0n) is 11.0. The van der Waals surface area contributed by atoms with Crippen molar-refractivity contribution < 1.29 is 19.1 Å². The number of carbonyl (C=O) groups excluding carboxylic acids is 1. The zero-order valence-corrected chi connectivity index (χ0v) is 11.0. The van der Waals surface area contributed by atoms with Crippen LogP contribution >= 0.6 is 0 Å². The first-order valence-corrected chi connectivity index (χ1v) is 6.56. The summed E-state index contributed by atoms with van der Waals surface area (Å²) in [5.74, 6) is -1.71. The molecule has 6 heteroatoms. The lowest BCUT2D eigenvalue weighted by Crippen LogP contribution is -2.46. The Balaban J connectivity index is 1.87. The lowest BCUT2D eigenvalue weighted by Gasteiger charge is -2.30. The average molecular weight is 280 g/mol. The number of carbonyl (C=O) groups is 2. The molecule has 1 aromatic carbocycles. The first-order chi connectivity index (χ1) is 9.56. The number of hydrogen-bond donors (Lipinski definition) is 2. The molecule has 1 aliphatic rings. The van der Waals surface area contributed by atoms with Crippen LogP contribution in [0.3, 0.4) is 0 Å². The minimum absolute atomic E-state index is 0.227. The number of urea groups is 1. The smallest absolute Gasteiger partial charge is 0.317 e. The number of piperidine rings is 1. The third kappa shape index (κ3) is 3.69. The molecule has 0 radical (unpaired) electrons. The predicted octanol–water partition coefficient (Wildman–Crippen LogP) is 1.83. The minimum Gasteiger partial charge on any atom is -0.481 e. The SMILES string of the molecule is O=C(O)[C@@H]1CCCN(C(=O)NCc2cccc(F)c2)C1. The van der Waals surface area contributed by atoms with E-state index in [0.29, 0.717) is 24.9 Å². The van der Waals surface area contributed by atoms with Crippen LogP contribution in [-0.2, 0) is 11.3 Å². The van der Waals surface area contributed by atoms with E-state index in [1.807, 2.05) is 0 Å². The van der Waals surface area contributed by atoms with Gasteiger partial charge in [-0.1, -0.05) is 12.1 Å². The van der Waals surface area contributed by atoms with Crippen molar-refractivity contribution in [1.82, 2.24) is 10.2 Å². The van der Waals surface area contributed by atoms with Gasteiger partial charge in [0.1, 0.15) is 5.82 Å². The highest BCUT2D eigenvalue weighted by Gasteiger charge is 2.27. The third-order valence-corrected chi connectivity index (χ3v) is 3.39. The number of nitrogens with zero attached hydrogens (tertiary/aromatic N) is 1. The maximum Gasteiger partial charge on any atom is 0.317 e. The number of likely N-dealkylation sites (tertiary alicyclic amines) is 1. The topological polar surface area (TPSA) is 69.6 Å². The molecule has 2 amide bonds. The normalized spacial score (nSPS) is 18.6. The molecule has 0 aromatic heterocycles. The summed E-state index contributed by atoms with van der Waals surface area (Å²) < 4.78 is 13.0. The Hall–Kier alpha value is -2.11. The number of halogens is 1. The number of rotatable bonds is 3. The molecule has 1 fully saturated rings. The Kier molecular flexibility index (Phi) is 4.55. The van der Waals surface area contributed by atoms with Crippen LogP contribution in [0.15, 0.2) is 24.3 Å². The average Bonchev–Trinajstić information content (AvgIpc) is 2.45. The van der Waals surface area contributed by atoms with Crippen molar-refractivity contribution in [2.75, 3.05) is 13.1 Å². The molecule has 0 saturated carbocycles. The second-order valence-corrected chi connectivity index (χ2v) is 4.91. The Morgan fingerprint density at radius 3 is 2.95 bits per heavy atom. The minimum atomic E-state index is -0.868. The van der Waals surface area contributed by atoms with Gasteiger partial charge in [0, 0.05) is 19.6 Å². The maximum absolute atomic E-state index is 13.0. The molecule has 20 heavy (non-hydrogen) atoms. The summed E-state index contributed by atoms with van der Waals surface area (Å²) in [7, 11) is 0. The van der Waals surface area contributed by atoms with Crippen molar-refractivity contribution in [3.8, 4) is 0 Å². The lowest BCUT2D eigenvalue weighted by molar-refractivity contribution is -0.143. The summed E-state index contributed by atoms with van der Waals surface area (Å²) in [5.41, 5.74) is 0.671. The van der Waals surface area contributed by atoms with Gasteiger partial charge >= 0.3 is 12.0 Å².